The van der Waals surface area contributed by atoms with Gasteiger partial charge in [-0.15, -0.1) is 0 Å². The van der Waals surface area contributed by atoms with E-state index in [9.17, 15) is 4.79 Å². The SMILES string of the molecule is Cc1ccc(CC(=O)N(C)CCC2CCCCN2)cc1. The molecule has 1 N–H and O–H groups in total. The molecular formula is C17H26N2O. The van der Waals surface area contributed by atoms with Gasteiger partial charge in [0.25, 0.3) is 0 Å². The molecule has 0 spiro atoms. The van der Waals surface area contributed by atoms with E-state index in [1.54, 1.807) is 0 Å². The fourth-order valence-corrected chi connectivity index (χ4v) is 2.66. The van der Waals surface area contributed by atoms with Gasteiger partial charge in [0, 0.05) is 19.6 Å². The molecule has 1 fully saturated rings. The van der Waals surface area contributed by atoms with Crippen molar-refractivity contribution in [1.82, 2.24) is 10.2 Å². The van der Waals surface area contributed by atoms with Crippen molar-refractivity contribution < 1.29 is 4.79 Å². The summed E-state index contributed by atoms with van der Waals surface area (Å²) in [7, 11) is 1.92. The van der Waals surface area contributed by atoms with Gasteiger partial charge in [0.15, 0.2) is 0 Å². The first kappa shape index (κ1) is 15.0. The van der Waals surface area contributed by atoms with Gasteiger partial charge in [-0.25, -0.2) is 0 Å². The Bertz CT molecular complexity index is 421. The number of amides is 1. The lowest BCUT2D eigenvalue weighted by Gasteiger charge is -2.26. The average Bonchev–Trinajstić information content (AvgIpc) is 2.48. The topological polar surface area (TPSA) is 32.3 Å². The Hall–Kier alpha value is -1.35. The van der Waals surface area contributed by atoms with Gasteiger partial charge in [-0.3, -0.25) is 4.79 Å². The largest absolute Gasteiger partial charge is 0.345 e. The minimum atomic E-state index is 0.213. The van der Waals surface area contributed by atoms with E-state index in [0.29, 0.717) is 12.5 Å². The van der Waals surface area contributed by atoms with Crippen LogP contribution in [0.15, 0.2) is 24.3 Å². The summed E-state index contributed by atoms with van der Waals surface area (Å²) in [6.45, 7) is 4.04. The average molecular weight is 274 g/mol. The maximum Gasteiger partial charge on any atom is 0.226 e. The Morgan fingerprint density at radius 3 is 2.70 bits per heavy atom. The lowest BCUT2D eigenvalue weighted by molar-refractivity contribution is -0.129. The molecule has 1 aliphatic rings. The maximum absolute atomic E-state index is 12.2. The number of likely N-dealkylation sites (N-methyl/N-ethyl adjacent to an activating group) is 1. The van der Waals surface area contributed by atoms with Gasteiger partial charge in [-0.05, 0) is 38.3 Å². The van der Waals surface area contributed by atoms with Crippen LogP contribution in [-0.4, -0.2) is 37.0 Å². The molecule has 1 amide bonds. The monoisotopic (exact) mass is 274 g/mol. The normalized spacial score (nSPS) is 18.8. The van der Waals surface area contributed by atoms with Gasteiger partial charge >= 0.3 is 0 Å². The van der Waals surface area contributed by atoms with Crippen molar-refractivity contribution in [2.45, 2.75) is 45.1 Å². The predicted octanol–water partition coefficient (Wildman–Crippen LogP) is 2.53. The highest BCUT2D eigenvalue weighted by Gasteiger charge is 2.15. The molecule has 3 heteroatoms. The first-order valence-electron chi connectivity index (χ1n) is 7.68. The summed E-state index contributed by atoms with van der Waals surface area (Å²) in [6, 6.07) is 8.81. The second kappa shape index (κ2) is 7.44. The number of carbonyl (C=O) groups is 1. The lowest BCUT2D eigenvalue weighted by atomic mass is 10.0. The van der Waals surface area contributed by atoms with Crippen LogP contribution in [0.3, 0.4) is 0 Å². The van der Waals surface area contributed by atoms with E-state index >= 15 is 0 Å². The summed E-state index contributed by atoms with van der Waals surface area (Å²) < 4.78 is 0. The first-order valence-corrected chi connectivity index (χ1v) is 7.68. The van der Waals surface area contributed by atoms with Crippen molar-refractivity contribution in [3.63, 3.8) is 0 Å². The molecule has 0 bridgehead atoms. The summed E-state index contributed by atoms with van der Waals surface area (Å²) in [5.41, 5.74) is 2.33. The minimum absolute atomic E-state index is 0.213. The van der Waals surface area contributed by atoms with Gasteiger partial charge < -0.3 is 10.2 Å². The van der Waals surface area contributed by atoms with Crippen molar-refractivity contribution >= 4 is 5.91 Å². The van der Waals surface area contributed by atoms with E-state index in [4.69, 9.17) is 0 Å². The molecule has 0 aromatic heterocycles. The van der Waals surface area contributed by atoms with E-state index in [1.807, 2.05) is 24.1 Å². The van der Waals surface area contributed by atoms with Crippen LogP contribution in [0.2, 0.25) is 0 Å². The van der Waals surface area contributed by atoms with Crippen LogP contribution in [0.25, 0.3) is 0 Å². The molecule has 0 aliphatic carbocycles. The van der Waals surface area contributed by atoms with Gasteiger partial charge in [-0.2, -0.15) is 0 Å². The summed E-state index contributed by atoms with van der Waals surface area (Å²) in [5, 5.41) is 3.53. The fourth-order valence-electron chi connectivity index (χ4n) is 2.66. The zero-order valence-corrected chi connectivity index (χ0v) is 12.7. The summed E-state index contributed by atoms with van der Waals surface area (Å²) in [5.74, 6) is 0.213. The summed E-state index contributed by atoms with van der Waals surface area (Å²) >= 11 is 0. The number of rotatable bonds is 5. The van der Waals surface area contributed by atoms with Crippen molar-refractivity contribution in [2.24, 2.45) is 0 Å². The number of carbonyl (C=O) groups excluding carboxylic acids is 1. The van der Waals surface area contributed by atoms with E-state index in [1.165, 1.54) is 24.8 Å². The zero-order valence-electron chi connectivity index (χ0n) is 12.7. The van der Waals surface area contributed by atoms with Crippen molar-refractivity contribution in [3.05, 3.63) is 35.4 Å². The predicted molar refractivity (Wildman–Crippen MR) is 82.8 cm³/mol. The Morgan fingerprint density at radius 2 is 2.05 bits per heavy atom. The molecule has 1 unspecified atom stereocenters. The number of hydrogen-bond donors (Lipinski definition) is 1. The Labute approximate surface area is 122 Å². The van der Waals surface area contributed by atoms with Crippen LogP contribution in [0.4, 0.5) is 0 Å². The van der Waals surface area contributed by atoms with Crippen LogP contribution in [0, 0.1) is 6.92 Å². The fraction of sp³-hybridized carbons (Fsp3) is 0.588. The smallest absolute Gasteiger partial charge is 0.226 e. The third-order valence-corrected chi connectivity index (χ3v) is 4.13. The van der Waals surface area contributed by atoms with E-state index < -0.39 is 0 Å². The Morgan fingerprint density at radius 1 is 1.30 bits per heavy atom. The second-order valence-electron chi connectivity index (χ2n) is 5.91. The highest BCUT2D eigenvalue weighted by atomic mass is 16.2. The molecule has 1 aliphatic heterocycles. The highest BCUT2D eigenvalue weighted by Crippen LogP contribution is 2.11. The van der Waals surface area contributed by atoms with Crippen molar-refractivity contribution in [2.75, 3.05) is 20.1 Å². The minimum Gasteiger partial charge on any atom is -0.345 e. The van der Waals surface area contributed by atoms with E-state index in [2.05, 4.69) is 24.4 Å². The molecule has 1 atom stereocenters. The van der Waals surface area contributed by atoms with Crippen LogP contribution < -0.4 is 5.32 Å². The van der Waals surface area contributed by atoms with Crippen LogP contribution in [0.5, 0.6) is 0 Å². The molecule has 1 heterocycles. The van der Waals surface area contributed by atoms with Gasteiger partial charge in [0.1, 0.15) is 0 Å². The molecule has 2 rings (SSSR count). The standard InChI is InChI=1S/C17H26N2O/c1-14-6-8-15(9-7-14)13-17(20)19(2)12-10-16-5-3-4-11-18-16/h6-9,16,18H,3-5,10-13H2,1-2H3. The quantitative estimate of drug-likeness (QED) is 0.895. The van der Waals surface area contributed by atoms with Crippen molar-refractivity contribution in [1.29, 1.82) is 0 Å². The number of piperidine rings is 1. The van der Waals surface area contributed by atoms with Crippen molar-refractivity contribution in [3.8, 4) is 0 Å². The maximum atomic E-state index is 12.2. The number of hydrogen-bond acceptors (Lipinski definition) is 2. The molecule has 110 valence electrons. The molecule has 1 aromatic rings. The molecule has 20 heavy (non-hydrogen) atoms. The Balaban J connectivity index is 1.75. The van der Waals surface area contributed by atoms with E-state index in [-0.39, 0.29) is 5.91 Å². The van der Waals surface area contributed by atoms with Gasteiger partial charge in [0.05, 0.1) is 6.42 Å². The Kier molecular flexibility index (Phi) is 5.60. The zero-order chi connectivity index (χ0) is 14.4. The number of nitrogens with zero attached hydrogens (tertiary/aromatic N) is 1. The third-order valence-electron chi connectivity index (χ3n) is 4.13. The number of nitrogens with one attached hydrogen (secondary N) is 1. The van der Waals surface area contributed by atoms with E-state index in [0.717, 1.165) is 25.1 Å². The van der Waals surface area contributed by atoms with Gasteiger partial charge in [-0.1, -0.05) is 36.2 Å². The molecule has 0 saturated carbocycles. The van der Waals surface area contributed by atoms with Crippen LogP contribution >= 0.6 is 0 Å². The molecule has 1 aromatic carbocycles. The second-order valence-corrected chi connectivity index (χ2v) is 5.91. The lowest BCUT2D eigenvalue weighted by Crippen LogP contribution is -2.38. The molecule has 0 radical (unpaired) electrons. The summed E-state index contributed by atoms with van der Waals surface area (Å²) in [4.78, 5) is 14.0. The third kappa shape index (κ3) is 4.64. The molecule has 3 nitrogen and oxygen atoms in total. The van der Waals surface area contributed by atoms with Crippen LogP contribution in [-0.2, 0) is 11.2 Å². The van der Waals surface area contributed by atoms with Crippen LogP contribution in [0.1, 0.15) is 36.8 Å². The first-order chi connectivity index (χ1) is 9.65. The number of benzene rings is 1. The highest BCUT2D eigenvalue weighted by molar-refractivity contribution is 5.78. The number of aryl methyl sites for hydroxylation is 1. The summed E-state index contributed by atoms with van der Waals surface area (Å²) in [6.07, 6.45) is 5.43. The molecule has 1 saturated heterocycles. The van der Waals surface area contributed by atoms with Gasteiger partial charge in [0.2, 0.25) is 5.91 Å². The molecular weight excluding hydrogens is 248 g/mol.